The summed E-state index contributed by atoms with van der Waals surface area (Å²) in [5.74, 6) is 0.376. The van der Waals surface area contributed by atoms with Crippen LogP contribution in [-0.4, -0.2) is 28.9 Å². The molecule has 1 atom stereocenters. The Hall–Kier alpha value is -1.06. The fourth-order valence-corrected chi connectivity index (χ4v) is 2.48. The number of amidine groups is 1. The third-order valence-electron chi connectivity index (χ3n) is 4.13. The van der Waals surface area contributed by atoms with Crippen LogP contribution in [0.4, 0.5) is 4.79 Å². The fourth-order valence-electron chi connectivity index (χ4n) is 2.48. The molecular formula is C11H19N3O. The molecule has 0 aromatic rings. The quantitative estimate of drug-likeness (QED) is 0.733. The van der Waals surface area contributed by atoms with Crippen LogP contribution in [0, 0.1) is 10.8 Å². The lowest BCUT2D eigenvalue weighted by Crippen LogP contribution is -2.53. The minimum Gasteiger partial charge on any atom is -0.311 e. The van der Waals surface area contributed by atoms with E-state index in [-0.39, 0.29) is 11.4 Å². The predicted molar refractivity (Wildman–Crippen MR) is 59.0 cm³/mol. The summed E-state index contributed by atoms with van der Waals surface area (Å²) in [6.45, 7) is 6.99. The van der Waals surface area contributed by atoms with Crippen molar-refractivity contribution in [2.24, 2.45) is 5.41 Å². The van der Waals surface area contributed by atoms with Crippen LogP contribution < -0.4 is 5.32 Å². The molecule has 1 aliphatic carbocycles. The van der Waals surface area contributed by atoms with Gasteiger partial charge in [0.2, 0.25) is 0 Å². The molecule has 0 aromatic carbocycles. The van der Waals surface area contributed by atoms with Gasteiger partial charge in [-0.2, -0.15) is 0 Å². The highest BCUT2D eigenvalue weighted by molar-refractivity contribution is 6.09. The Morgan fingerprint density at radius 2 is 2.07 bits per heavy atom. The summed E-state index contributed by atoms with van der Waals surface area (Å²) in [4.78, 5) is 13.6. The van der Waals surface area contributed by atoms with Crippen molar-refractivity contribution in [3.63, 3.8) is 0 Å². The van der Waals surface area contributed by atoms with Gasteiger partial charge >= 0.3 is 6.03 Å². The first-order chi connectivity index (χ1) is 6.95. The van der Waals surface area contributed by atoms with Crippen LogP contribution in [0.5, 0.6) is 0 Å². The second-order valence-corrected chi connectivity index (χ2v) is 5.09. The second kappa shape index (κ2) is 2.97. The smallest absolute Gasteiger partial charge is 0.311 e. The van der Waals surface area contributed by atoms with E-state index in [0.717, 1.165) is 25.8 Å². The standard InChI is InChI=1S/C11H19N3O/c1-4-7-14-9(15)13-8(12)11(14,3)10(2)5-6-10/h4-7H2,1-3H3,(H2,12,13,15). The third-order valence-corrected chi connectivity index (χ3v) is 4.13. The van der Waals surface area contributed by atoms with Crippen LogP contribution in [0.1, 0.15) is 40.0 Å². The summed E-state index contributed by atoms with van der Waals surface area (Å²) >= 11 is 0. The zero-order valence-electron chi connectivity index (χ0n) is 9.68. The number of rotatable bonds is 3. The van der Waals surface area contributed by atoms with E-state index in [1.54, 1.807) is 0 Å². The van der Waals surface area contributed by atoms with E-state index in [1.165, 1.54) is 0 Å². The molecule has 1 unspecified atom stereocenters. The van der Waals surface area contributed by atoms with E-state index in [2.05, 4.69) is 19.2 Å². The maximum Gasteiger partial charge on any atom is 0.323 e. The molecule has 0 aromatic heterocycles. The summed E-state index contributed by atoms with van der Waals surface area (Å²) < 4.78 is 0. The number of carbonyl (C=O) groups excluding carboxylic acids is 1. The highest BCUT2D eigenvalue weighted by Crippen LogP contribution is 2.57. The van der Waals surface area contributed by atoms with Crippen molar-refractivity contribution < 1.29 is 4.79 Å². The summed E-state index contributed by atoms with van der Waals surface area (Å²) in [6, 6.07) is -0.0996. The fraction of sp³-hybridized carbons (Fsp3) is 0.818. The molecule has 2 fully saturated rings. The second-order valence-electron chi connectivity index (χ2n) is 5.09. The van der Waals surface area contributed by atoms with Gasteiger partial charge in [0.25, 0.3) is 0 Å². The number of carbonyl (C=O) groups is 1. The first kappa shape index (κ1) is 10.5. The summed E-state index contributed by atoms with van der Waals surface area (Å²) in [5, 5.41) is 10.6. The average Bonchev–Trinajstić information content (AvgIpc) is 2.88. The van der Waals surface area contributed by atoms with Gasteiger partial charge in [0, 0.05) is 6.54 Å². The highest BCUT2D eigenvalue weighted by atomic mass is 16.2. The summed E-state index contributed by atoms with van der Waals surface area (Å²) in [6.07, 6.45) is 3.16. The van der Waals surface area contributed by atoms with Crippen molar-refractivity contribution in [2.45, 2.75) is 45.6 Å². The van der Waals surface area contributed by atoms with Crippen LogP contribution in [0.2, 0.25) is 0 Å². The normalized spacial score (nSPS) is 33.1. The zero-order chi connectivity index (χ0) is 11.3. The molecule has 1 heterocycles. The van der Waals surface area contributed by atoms with Crippen molar-refractivity contribution in [3.05, 3.63) is 0 Å². The predicted octanol–water partition coefficient (Wildman–Crippen LogP) is 1.96. The van der Waals surface area contributed by atoms with Crippen LogP contribution in [0.25, 0.3) is 0 Å². The van der Waals surface area contributed by atoms with Crippen LogP contribution in [0.15, 0.2) is 0 Å². The van der Waals surface area contributed by atoms with E-state index in [4.69, 9.17) is 5.41 Å². The molecule has 2 rings (SSSR count). The lowest BCUT2D eigenvalue weighted by molar-refractivity contribution is 0.140. The number of hydrogen-bond acceptors (Lipinski definition) is 2. The largest absolute Gasteiger partial charge is 0.323 e. The van der Waals surface area contributed by atoms with Gasteiger partial charge in [0.1, 0.15) is 11.4 Å². The molecule has 2 N–H and O–H groups in total. The van der Waals surface area contributed by atoms with Crippen molar-refractivity contribution in [3.8, 4) is 0 Å². The Labute approximate surface area is 90.5 Å². The van der Waals surface area contributed by atoms with Gasteiger partial charge in [0.15, 0.2) is 0 Å². The Morgan fingerprint density at radius 3 is 2.53 bits per heavy atom. The molecule has 0 radical (unpaired) electrons. The molecule has 2 amide bonds. The van der Waals surface area contributed by atoms with Gasteiger partial charge in [0.05, 0.1) is 0 Å². The molecule has 2 aliphatic rings. The third kappa shape index (κ3) is 1.20. The lowest BCUT2D eigenvalue weighted by Gasteiger charge is -2.38. The molecule has 4 nitrogen and oxygen atoms in total. The minimum absolute atomic E-state index is 0.0996. The Morgan fingerprint density at radius 1 is 1.47 bits per heavy atom. The molecule has 15 heavy (non-hydrogen) atoms. The molecule has 84 valence electrons. The highest BCUT2D eigenvalue weighted by Gasteiger charge is 2.62. The number of nitrogens with one attached hydrogen (secondary N) is 2. The van der Waals surface area contributed by atoms with Crippen molar-refractivity contribution in [1.29, 1.82) is 5.41 Å². The maximum absolute atomic E-state index is 11.7. The van der Waals surface area contributed by atoms with Gasteiger partial charge in [-0.25, -0.2) is 4.79 Å². The monoisotopic (exact) mass is 209 g/mol. The Kier molecular flexibility index (Phi) is 2.07. The maximum atomic E-state index is 11.7. The van der Waals surface area contributed by atoms with Gasteiger partial charge in [-0.15, -0.1) is 0 Å². The molecule has 0 bridgehead atoms. The topological polar surface area (TPSA) is 56.2 Å². The van der Waals surface area contributed by atoms with Crippen LogP contribution in [-0.2, 0) is 0 Å². The first-order valence-corrected chi connectivity index (χ1v) is 5.63. The van der Waals surface area contributed by atoms with Crippen LogP contribution in [0.3, 0.4) is 0 Å². The molecule has 4 heteroatoms. The molecule has 1 saturated heterocycles. The van der Waals surface area contributed by atoms with Gasteiger partial charge in [-0.05, 0) is 31.6 Å². The van der Waals surface area contributed by atoms with E-state index in [1.807, 2.05) is 11.8 Å². The van der Waals surface area contributed by atoms with Gasteiger partial charge < -0.3 is 4.90 Å². The summed E-state index contributed by atoms with van der Waals surface area (Å²) in [7, 11) is 0. The lowest BCUT2D eigenvalue weighted by atomic mass is 9.82. The Balaban J connectivity index is 2.34. The van der Waals surface area contributed by atoms with E-state index in [0.29, 0.717) is 5.84 Å². The molecule has 0 spiro atoms. The number of nitrogens with zero attached hydrogens (tertiary/aromatic N) is 1. The SMILES string of the molecule is CCCN1C(=O)NC(=N)C1(C)C1(C)CC1. The van der Waals surface area contributed by atoms with Crippen molar-refractivity contribution >= 4 is 11.9 Å². The zero-order valence-corrected chi connectivity index (χ0v) is 9.68. The van der Waals surface area contributed by atoms with Gasteiger partial charge in [-0.3, -0.25) is 10.7 Å². The van der Waals surface area contributed by atoms with E-state index >= 15 is 0 Å². The van der Waals surface area contributed by atoms with E-state index < -0.39 is 5.54 Å². The van der Waals surface area contributed by atoms with E-state index in [9.17, 15) is 4.79 Å². The Bertz CT molecular complexity index is 322. The molecular weight excluding hydrogens is 190 g/mol. The summed E-state index contributed by atoms with van der Waals surface area (Å²) in [5.41, 5.74) is -0.293. The number of urea groups is 1. The first-order valence-electron chi connectivity index (χ1n) is 5.63. The molecule has 1 aliphatic heterocycles. The average molecular weight is 209 g/mol. The van der Waals surface area contributed by atoms with Crippen LogP contribution >= 0.6 is 0 Å². The van der Waals surface area contributed by atoms with Crippen molar-refractivity contribution in [1.82, 2.24) is 10.2 Å². The number of hydrogen-bond donors (Lipinski definition) is 2. The number of amides is 2. The van der Waals surface area contributed by atoms with Gasteiger partial charge in [-0.1, -0.05) is 13.8 Å². The molecule has 1 saturated carbocycles. The van der Waals surface area contributed by atoms with Crippen molar-refractivity contribution in [2.75, 3.05) is 6.54 Å². The minimum atomic E-state index is -0.403.